The third kappa shape index (κ3) is 3.33. The monoisotopic (exact) mass is 269 g/mol. The molecule has 4 heteroatoms. The Morgan fingerprint density at radius 2 is 1.94 bits per heavy atom. The predicted molar refractivity (Wildman–Crippen MR) is 76.7 cm³/mol. The Hall–Kier alpha value is -0.870. The van der Waals surface area contributed by atoms with Gasteiger partial charge >= 0.3 is 0 Å². The van der Waals surface area contributed by atoms with Gasteiger partial charge in [0.1, 0.15) is 0 Å². The molecule has 102 valence electrons. The number of likely N-dealkylation sites (N-methyl/N-ethyl adjacent to an activating group) is 1. The molecule has 0 amide bonds. The van der Waals surface area contributed by atoms with Crippen molar-refractivity contribution in [3.63, 3.8) is 0 Å². The Kier molecular flexibility index (Phi) is 4.56. The average molecular weight is 269 g/mol. The molecule has 0 aliphatic carbocycles. The standard InChI is InChI=1S/C14H23NO2S/c1-11-7-6-8-12(9-11)10-13(15-4)14(2,3)18(5,16)17/h6-9,13,15H,10H2,1-5H3. The zero-order valence-electron chi connectivity index (χ0n) is 11.8. The quantitative estimate of drug-likeness (QED) is 0.888. The summed E-state index contributed by atoms with van der Waals surface area (Å²) in [5.74, 6) is 0. The van der Waals surface area contributed by atoms with Gasteiger partial charge in [-0.2, -0.15) is 0 Å². The van der Waals surface area contributed by atoms with Gasteiger partial charge in [0.2, 0.25) is 0 Å². The van der Waals surface area contributed by atoms with Gasteiger partial charge in [-0.3, -0.25) is 0 Å². The lowest BCUT2D eigenvalue weighted by Crippen LogP contribution is -2.51. The number of rotatable bonds is 5. The topological polar surface area (TPSA) is 46.2 Å². The molecule has 3 nitrogen and oxygen atoms in total. The van der Waals surface area contributed by atoms with Crippen LogP contribution in [-0.4, -0.2) is 32.5 Å². The van der Waals surface area contributed by atoms with Crippen molar-refractivity contribution in [2.75, 3.05) is 13.3 Å². The SMILES string of the molecule is CNC(Cc1cccc(C)c1)C(C)(C)S(C)(=O)=O. The van der Waals surface area contributed by atoms with E-state index in [0.717, 1.165) is 5.56 Å². The van der Waals surface area contributed by atoms with E-state index in [1.165, 1.54) is 11.8 Å². The van der Waals surface area contributed by atoms with E-state index in [9.17, 15) is 8.42 Å². The van der Waals surface area contributed by atoms with Crippen LogP contribution in [0.25, 0.3) is 0 Å². The molecule has 1 atom stereocenters. The Morgan fingerprint density at radius 3 is 2.39 bits per heavy atom. The normalized spacial score (nSPS) is 14.5. The van der Waals surface area contributed by atoms with Crippen molar-refractivity contribution in [1.29, 1.82) is 0 Å². The fourth-order valence-corrected chi connectivity index (χ4v) is 2.75. The minimum atomic E-state index is -3.11. The van der Waals surface area contributed by atoms with Gasteiger partial charge in [0.05, 0.1) is 4.75 Å². The van der Waals surface area contributed by atoms with Crippen LogP contribution in [0.1, 0.15) is 25.0 Å². The molecular formula is C14H23NO2S. The molecule has 0 aliphatic heterocycles. The van der Waals surface area contributed by atoms with Crippen molar-refractivity contribution in [3.05, 3.63) is 35.4 Å². The van der Waals surface area contributed by atoms with Crippen molar-refractivity contribution in [2.24, 2.45) is 0 Å². The van der Waals surface area contributed by atoms with Crippen LogP contribution in [0.5, 0.6) is 0 Å². The lowest BCUT2D eigenvalue weighted by molar-refractivity contribution is 0.430. The minimum Gasteiger partial charge on any atom is -0.315 e. The summed E-state index contributed by atoms with van der Waals surface area (Å²) in [4.78, 5) is 0. The van der Waals surface area contributed by atoms with E-state index in [1.807, 2.05) is 32.2 Å². The van der Waals surface area contributed by atoms with Crippen LogP contribution >= 0.6 is 0 Å². The van der Waals surface area contributed by atoms with Crippen LogP contribution < -0.4 is 5.32 Å². The van der Waals surface area contributed by atoms with Crippen LogP contribution in [0, 0.1) is 6.92 Å². The first-order valence-corrected chi connectivity index (χ1v) is 8.00. The highest BCUT2D eigenvalue weighted by molar-refractivity contribution is 7.92. The molecule has 0 heterocycles. The molecule has 1 aromatic rings. The maximum Gasteiger partial charge on any atom is 0.154 e. The number of hydrogen-bond acceptors (Lipinski definition) is 3. The van der Waals surface area contributed by atoms with E-state index < -0.39 is 14.6 Å². The number of benzene rings is 1. The second kappa shape index (κ2) is 5.41. The van der Waals surface area contributed by atoms with E-state index >= 15 is 0 Å². The molecule has 0 bridgehead atoms. The van der Waals surface area contributed by atoms with Gasteiger partial charge in [-0.25, -0.2) is 8.42 Å². The van der Waals surface area contributed by atoms with Crippen molar-refractivity contribution >= 4 is 9.84 Å². The summed E-state index contributed by atoms with van der Waals surface area (Å²) >= 11 is 0. The zero-order chi connectivity index (χ0) is 14.0. The van der Waals surface area contributed by atoms with Gasteiger partial charge in [-0.15, -0.1) is 0 Å². The summed E-state index contributed by atoms with van der Waals surface area (Å²) in [5, 5.41) is 3.14. The smallest absolute Gasteiger partial charge is 0.154 e. The van der Waals surface area contributed by atoms with Crippen molar-refractivity contribution in [3.8, 4) is 0 Å². The zero-order valence-corrected chi connectivity index (χ0v) is 12.6. The van der Waals surface area contributed by atoms with Gasteiger partial charge in [-0.1, -0.05) is 29.8 Å². The molecule has 0 saturated heterocycles. The van der Waals surface area contributed by atoms with E-state index in [-0.39, 0.29) is 6.04 Å². The van der Waals surface area contributed by atoms with Crippen molar-refractivity contribution < 1.29 is 8.42 Å². The Balaban J connectivity index is 2.99. The Morgan fingerprint density at radius 1 is 1.33 bits per heavy atom. The van der Waals surface area contributed by atoms with Gasteiger partial charge in [0, 0.05) is 12.3 Å². The fraction of sp³-hybridized carbons (Fsp3) is 0.571. The van der Waals surface area contributed by atoms with Gasteiger partial charge in [0.15, 0.2) is 9.84 Å². The van der Waals surface area contributed by atoms with Gasteiger partial charge in [0.25, 0.3) is 0 Å². The summed E-state index contributed by atoms with van der Waals surface area (Å²) in [7, 11) is -1.29. The van der Waals surface area contributed by atoms with E-state index in [2.05, 4.69) is 11.4 Å². The molecule has 0 aromatic heterocycles. The second-order valence-electron chi connectivity index (χ2n) is 5.41. The van der Waals surface area contributed by atoms with Crippen LogP contribution in [0.15, 0.2) is 24.3 Å². The highest BCUT2D eigenvalue weighted by Gasteiger charge is 2.38. The summed E-state index contributed by atoms with van der Waals surface area (Å²) in [6.45, 7) is 5.60. The van der Waals surface area contributed by atoms with Crippen LogP contribution in [0.3, 0.4) is 0 Å². The maximum absolute atomic E-state index is 11.9. The molecule has 1 rings (SSSR count). The van der Waals surface area contributed by atoms with E-state index in [4.69, 9.17) is 0 Å². The summed E-state index contributed by atoms with van der Waals surface area (Å²) in [6.07, 6.45) is 2.01. The van der Waals surface area contributed by atoms with Crippen molar-refractivity contribution in [1.82, 2.24) is 5.32 Å². The molecule has 0 radical (unpaired) electrons. The number of hydrogen-bond donors (Lipinski definition) is 1. The lowest BCUT2D eigenvalue weighted by atomic mass is 9.95. The molecule has 0 fully saturated rings. The summed E-state index contributed by atoms with van der Waals surface area (Å²) in [5.41, 5.74) is 2.35. The molecule has 1 unspecified atom stereocenters. The first-order valence-electron chi connectivity index (χ1n) is 6.11. The highest BCUT2D eigenvalue weighted by atomic mass is 32.2. The molecule has 0 aliphatic rings. The van der Waals surface area contributed by atoms with Gasteiger partial charge < -0.3 is 5.32 Å². The fourth-order valence-electron chi connectivity index (χ4n) is 2.03. The molecule has 18 heavy (non-hydrogen) atoms. The second-order valence-corrected chi connectivity index (χ2v) is 8.01. The molecule has 1 aromatic carbocycles. The minimum absolute atomic E-state index is 0.103. The van der Waals surface area contributed by atoms with Crippen molar-refractivity contribution in [2.45, 2.75) is 38.0 Å². The first-order chi connectivity index (χ1) is 8.18. The highest BCUT2D eigenvalue weighted by Crippen LogP contribution is 2.23. The number of aryl methyl sites for hydroxylation is 1. The van der Waals surface area contributed by atoms with Crippen LogP contribution in [-0.2, 0) is 16.3 Å². The first kappa shape index (κ1) is 15.2. The third-order valence-corrected chi connectivity index (χ3v) is 5.86. The molecular weight excluding hydrogens is 246 g/mol. The summed E-state index contributed by atoms with van der Waals surface area (Å²) in [6, 6.07) is 8.08. The number of sulfone groups is 1. The molecule has 1 N–H and O–H groups in total. The Bertz CT molecular complexity index is 506. The maximum atomic E-state index is 11.9. The van der Waals surface area contributed by atoms with Crippen LogP contribution in [0.4, 0.5) is 0 Å². The lowest BCUT2D eigenvalue weighted by Gasteiger charge is -2.32. The Labute approximate surface area is 111 Å². The predicted octanol–water partition coefficient (Wildman–Crippen LogP) is 1.95. The third-order valence-electron chi connectivity index (χ3n) is 3.67. The number of nitrogens with one attached hydrogen (secondary N) is 1. The van der Waals surface area contributed by atoms with Crippen LogP contribution in [0.2, 0.25) is 0 Å². The average Bonchev–Trinajstić information content (AvgIpc) is 2.24. The largest absolute Gasteiger partial charge is 0.315 e. The van der Waals surface area contributed by atoms with E-state index in [1.54, 1.807) is 13.8 Å². The van der Waals surface area contributed by atoms with E-state index in [0.29, 0.717) is 6.42 Å². The molecule has 0 saturated carbocycles. The van der Waals surface area contributed by atoms with Gasteiger partial charge in [-0.05, 0) is 39.8 Å². The molecule has 0 spiro atoms. The summed E-state index contributed by atoms with van der Waals surface area (Å²) < 4.78 is 23.0.